The van der Waals surface area contributed by atoms with E-state index < -0.39 is 0 Å². The van der Waals surface area contributed by atoms with Gasteiger partial charge in [-0.05, 0) is 37.5 Å². The first-order valence-corrected chi connectivity index (χ1v) is 6.13. The van der Waals surface area contributed by atoms with Crippen molar-refractivity contribution in [2.75, 3.05) is 5.32 Å². The molecule has 0 radical (unpaired) electrons. The lowest BCUT2D eigenvalue weighted by Gasteiger charge is -2.07. The number of hydrogen-bond acceptors (Lipinski definition) is 4. The van der Waals surface area contributed by atoms with Gasteiger partial charge >= 0.3 is 0 Å². The number of halogens is 1. The Morgan fingerprint density at radius 1 is 1.24 bits per heavy atom. The molecule has 3 nitrogen and oxygen atoms in total. The topological polar surface area (TPSA) is 37.8 Å². The second kappa shape index (κ2) is 4.79. The molecule has 5 heteroatoms. The molecule has 2 aromatic rings. The van der Waals surface area contributed by atoms with Crippen LogP contribution in [-0.2, 0) is 6.54 Å². The van der Waals surface area contributed by atoms with E-state index in [0.29, 0.717) is 17.7 Å². The molecule has 0 aliphatic rings. The zero-order valence-electron chi connectivity index (χ0n) is 10.0. The maximum Gasteiger partial charge on any atom is 0.202 e. The van der Waals surface area contributed by atoms with Crippen molar-refractivity contribution in [1.82, 2.24) is 9.36 Å². The molecule has 0 amide bonds. The fourth-order valence-corrected chi connectivity index (χ4v) is 2.25. The van der Waals surface area contributed by atoms with E-state index in [1.54, 1.807) is 13.8 Å². The van der Waals surface area contributed by atoms with Crippen molar-refractivity contribution in [2.45, 2.75) is 27.3 Å². The van der Waals surface area contributed by atoms with Crippen LogP contribution in [0.15, 0.2) is 12.1 Å². The Labute approximate surface area is 104 Å². The minimum atomic E-state index is -0.125. The van der Waals surface area contributed by atoms with E-state index in [1.807, 2.05) is 19.1 Å². The van der Waals surface area contributed by atoms with Gasteiger partial charge in [-0.2, -0.15) is 4.37 Å². The monoisotopic (exact) mass is 251 g/mol. The summed E-state index contributed by atoms with van der Waals surface area (Å²) >= 11 is 1.33. The van der Waals surface area contributed by atoms with E-state index in [0.717, 1.165) is 16.5 Å². The molecule has 1 aromatic heterocycles. The minimum absolute atomic E-state index is 0.125. The van der Waals surface area contributed by atoms with Gasteiger partial charge in [0.1, 0.15) is 11.6 Å². The van der Waals surface area contributed by atoms with Crippen LogP contribution in [0.2, 0.25) is 0 Å². The van der Waals surface area contributed by atoms with E-state index in [2.05, 4.69) is 14.7 Å². The van der Waals surface area contributed by atoms with E-state index in [9.17, 15) is 4.39 Å². The third kappa shape index (κ3) is 2.79. The molecular weight excluding hydrogens is 237 g/mol. The summed E-state index contributed by atoms with van der Waals surface area (Å²) in [6.45, 7) is 6.05. The van der Waals surface area contributed by atoms with Gasteiger partial charge in [0.05, 0.1) is 0 Å². The molecular formula is C12H14FN3S. The minimum Gasteiger partial charge on any atom is -0.356 e. The Bertz CT molecular complexity index is 513. The number of anilines is 1. The summed E-state index contributed by atoms with van der Waals surface area (Å²) in [5.41, 5.74) is 2.40. The Hall–Kier alpha value is -1.49. The fourth-order valence-electron chi connectivity index (χ4n) is 1.68. The molecule has 90 valence electrons. The number of nitrogens with one attached hydrogen (secondary N) is 1. The van der Waals surface area contributed by atoms with Crippen molar-refractivity contribution in [1.29, 1.82) is 0 Å². The molecule has 0 saturated heterocycles. The molecule has 17 heavy (non-hydrogen) atoms. The maximum absolute atomic E-state index is 13.4. The number of rotatable bonds is 3. The molecule has 0 fully saturated rings. The lowest BCUT2D eigenvalue weighted by atomic mass is 10.1. The van der Waals surface area contributed by atoms with Gasteiger partial charge in [0.15, 0.2) is 0 Å². The standard InChI is InChI=1S/C12H14FN3S/c1-7-4-10(5-8(2)11(7)13)6-14-12-15-9(3)16-17-12/h4-5H,6H2,1-3H3,(H,14,15,16). The first kappa shape index (κ1) is 12.0. The Kier molecular flexibility index (Phi) is 3.38. The molecule has 0 atom stereocenters. The van der Waals surface area contributed by atoms with Crippen LogP contribution in [0.25, 0.3) is 0 Å². The van der Waals surface area contributed by atoms with Crippen LogP contribution in [0.5, 0.6) is 0 Å². The Morgan fingerprint density at radius 3 is 2.41 bits per heavy atom. The lowest BCUT2D eigenvalue weighted by Crippen LogP contribution is -2.01. The van der Waals surface area contributed by atoms with Crippen LogP contribution in [0.3, 0.4) is 0 Å². The number of aryl methyl sites for hydroxylation is 3. The predicted octanol–water partition coefficient (Wildman–Crippen LogP) is 3.21. The SMILES string of the molecule is Cc1nsc(NCc2cc(C)c(F)c(C)c2)n1. The summed E-state index contributed by atoms with van der Waals surface area (Å²) in [7, 11) is 0. The van der Waals surface area contributed by atoms with E-state index in [-0.39, 0.29) is 5.82 Å². The van der Waals surface area contributed by atoms with Gasteiger partial charge < -0.3 is 5.32 Å². The highest BCUT2D eigenvalue weighted by Crippen LogP contribution is 2.17. The Balaban J connectivity index is 2.09. The normalized spacial score (nSPS) is 10.6. The fraction of sp³-hybridized carbons (Fsp3) is 0.333. The summed E-state index contributed by atoms with van der Waals surface area (Å²) < 4.78 is 17.5. The first-order valence-electron chi connectivity index (χ1n) is 5.36. The zero-order chi connectivity index (χ0) is 12.4. The van der Waals surface area contributed by atoms with Crippen LogP contribution < -0.4 is 5.32 Å². The van der Waals surface area contributed by atoms with Crippen molar-refractivity contribution in [3.63, 3.8) is 0 Å². The second-order valence-electron chi connectivity index (χ2n) is 4.04. The molecule has 0 aliphatic heterocycles. The van der Waals surface area contributed by atoms with Crippen molar-refractivity contribution in [2.24, 2.45) is 0 Å². The molecule has 0 spiro atoms. The first-order chi connectivity index (χ1) is 8.06. The third-order valence-electron chi connectivity index (χ3n) is 2.47. The molecule has 0 saturated carbocycles. The number of aromatic nitrogens is 2. The van der Waals surface area contributed by atoms with Gasteiger partial charge in [0, 0.05) is 18.1 Å². The quantitative estimate of drug-likeness (QED) is 0.910. The van der Waals surface area contributed by atoms with Crippen molar-refractivity contribution in [3.05, 3.63) is 40.5 Å². The molecule has 0 aliphatic carbocycles. The average molecular weight is 251 g/mol. The molecule has 2 rings (SSSR count). The summed E-state index contributed by atoms with van der Waals surface area (Å²) in [5.74, 6) is 0.643. The average Bonchev–Trinajstić information content (AvgIpc) is 2.69. The summed E-state index contributed by atoms with van der Waals surface area (Å²) in [6, 6.07) is 3.70. The number of hydrogen-bond donors (Lipinski definition) is 1. The molecule has 0 unspecified atom stereocenters. The zero-order valence-corrected chi connectivity index (χ0v) is 10.9. The van der Waals surface area contributed by atoms with Crippen LogP contribution in [0.1, 0.15) is 22.5 Å². The highest BCUT2D eigenvalue weighted by atomic mass is 32.1. The highest BCUT2D eigenvalue weighted by molar-refractivity contribution is 7.09. The van der Waals surface area contributed by atoms with Crippen molar-refractivity contribution in [3.8, 4) is 0 Å². The van der Waals surface area contributed by atoms with Gasteiger partial charge in [-0.25, -0.2) is 9.37 Å². The van der Waals surface area contributed by atoms with Crippen molar-refractivity contribution >= 4 is 16.7 Å². The van der Waals surface area contributed by atoms with Gasteiger partial charge in [0.25, 0.3) is 0 Å². The van der Waals surface area contributed by atoms with Crippen LogP contribution >= 0.6 is 11.5 Å². The number of nitrogens with zero attached hydrogens (tertiary/aromatic N) is 2. The van der Waals surface area contributed by atoms with E-state index in [1.165, 1.54) is 11.5 Å². The predicted molar refractivity (Wildman–Crippen MR) is 67.8 cm³/mol. The molecule has 1 aromatic carbocycles. The highest BCUT2D eigenvalue weighted by Gasteiger charge is 2.05. The summed E-state index contributed by atoms with van der Waals surface area (Å²) in [4.78, 5) is 4.21. The maximum atomic E-state index is 13.4. The van der Waals surface area contributed by atoms with Crippen LogP contribution in [0.4, 0.5) is 9.52 Å². The van der Waals surface area contributed by atoms with Gasteiger partial charge in [0.2, 0.25) is 5.13 Å². The largest absolute Gasteiger partial charge is 0.356 e. The van der Waals surface area contributed by atoms with Gasteiger partial charge in [-0.3, -0.25) is 0 Å². The molecule has 0 bridgehead atoms. The van der Waals surface area contributed by atoms with Crippen LogP contribution in [0, 0.1) is 26.6 Å². The second-order valence-corrected chi connectivity index (χ2v) is 4.80. The summed E-state index contributed by atoms with van der Waals surface area (Å²) in [6.07, 6.45) is 0. The smallest absolute Gasteiger partial charge is 0.202 e. The molecule has 1 heterocycles. The lowest BCUT2D eigenvalue weighted by molar-refractivity contribution is 0.608. The van der Waals surface area contributed by atoms with E-state index in [4.69, 9.17) is 0 Å². The molecule has 1 N–H and O–H groups in total. The van der Waals surface area contributed by atoms with Gasteiger partial charge in [-0.1, -0.05) is 12.1 Å². The van der Waals surface area contributed by atoms with Gasteiger partial charge in [-0.15, -0.1) is 0 Å². The van der Waals surface area contributed by atoms with E-state index >= 15 is 0 Å². The third-order valence-corrected chi connectivity index (χ3v) is 3.23. The van der Waals surface area contributed by atoms with Crippen molar-refractivity contribution < 1.29 is 4.39 Å². The summed E-state index contributed by atoms with van der Waals surface area (Å²) in [5, 5.41) is 3.97. The van der Waals surface area contributed by atoms with Crippen LogP contribution in [-0.4, -0.2) is 9.36 Å². The number of benzene rings is 1. The Morgan fingerprint density at radius 2 is 1.88 bits per heavy atom.